The van der Waals surface area contributed by atoms with Crippen LogP contribution < -0.4 is 0 Å². The molecule has 0 aliphatic rings. The van der Waals surface area contributed by atoms with Gasteiger partial charge in [0.05, 0.1) is 17.1 Å². The normalized spacial score (nSPS) is 11.7. The molecule has 5 nitrogen and oxygen atoms in total. The Kier molecular flexibility index (Phi) is 4.70. The molecular formula is C13H19NO4S. The summed E-state index contributed by atoms with van der Waals surface area (Å²) < 4.78 is 30.5. The van der Waals surface area contributed by atoms with Gasteiger partial charge in [-0.25, -0.2) is 17.5 Å². The highest BCUT2D eigenvalue weighted by molar-refractivity contribution is 7.89. The first-order valence-electron chi connectivity index (χ1n) is 5.92. The van der Waals surface area contributed by atoms with E-state index in [2.05, 4.69) is 0 Å². The Balaban J connectivity index is 3.46. The molecule has 0 heterocycles. The van der Waals surface area contributed by atoms with Crippen molar-refractivity contribution in [3.63, 3.8) is 0 Å². The molecule has 106 valence electrons. The number of hydrogen-bond donors (Lipinski definition) is 0. The number of carbonyl (C=O) groups is 1. The maximum absolute atomic E-state index is 12.2. The summed E-state index contributed by atoms with van der Waals surface area (Å²) in [6.07, 6.45) is 0. The molecule has 6 heteroatoms. The maximum atomic E-state index is 12.2. The first kappa shape index (κ1) is 15.7. The standard InChI is InChI=1S/C13H19NO4S/c1-6-18-13(15)11-7-9(2)10(3)12(8-11)19(16,17)14(4)5/h7-8H,6H2,1-5H3. The molecule has 0 saturated carbocycles. The maximum Gasteiger partial charge on any atom is 0.338 e. The fraction of sp³-hybridized carbons (Fsp3) is 0.462. The van der Waals surface area contributed by atoms with Crippen molar-refractivity contribution in [2.75, 3.05) is 20.7 Å². The SMILES string of the molecule is CCOC(=O)c1cc(C)c(C)c(S(=O)(=O)N(C)C)c1. The van der Waals surface area contributed by atoms with Crippen molar-refractivity contribution >= 4 is 16.0 Å². The van der Waals surface area contributed by atoms with Gasteiger partial charge >= 0.3 is 5.97 Å². The molecule has 0 aliphatic heterocycles. The van der Waals surface area contributed by atoms with Gasteiger partial charge in [-0.15, -0.1) is 0 Å². The van der Waals surface area contributed by atoms with Crippen LogP contribution in [0.4, 0.5) is 0 Å². The van der Waals surface area contributed by atoms with E-state index in [4.69, 9.17) is 4.74 Å². The molecule has 0 aliphatic carbocycles. The van der Waals surface area contributed by atoms with Crippen LogP contribution in [0.3, 0.4) is 0 Å². The molecule has 19 heavy (non-hydrogen) atoms. The number of aryl methyl sites for hydroxylation is 1. The van der Waals surface area contributed by atoms with Crippen LogP contribution in [0, 0.1) is 13.8 Å². The van der Waals surface area contributed by atoms with Crippen molar-refractivity contribution in [2.45, 2.75) is 25.7 Å². The molecule has 0 unspecified atom stereocenters. The van der Waals surface area contributed by atoms with E-state index in [1.165, 1.54) is 20.2 Å². The highest BCUT2D eigenvalue weighted by Gasteiger charge is 2.23. The van der Waals surface area contributed by atoms with Crippen LogP contribution in [-0.2, 0) is 14.8 Å². The fourth-order valence-corrected chi connectivity index (χ4v) is 2.84. The minimum atomic E-state index is -3.58. The zero-order chi connectivity index (χ0) is 14.8. The van der Waals surface area contributed by atoms with E-state index < -0.39 is 16.0 Å². The summed E-state index contributed by atoms with van der Waals surface area (Å²) in [6, 6.07) is 3.01. The summed E-state index contributed by atoms with van der Waals surface area (Å²) in [5.41, 5.74) is 1.64. The minimum Gasteiger partial charge on any atom is -0.462 e. The lowest BCUT2D eigenvalue weighted by molar-refractivity contribution is 0.0526. The second-order valence-electron chi connectivity index (χ2n) is 4.42. The van der Waals surface area contributed by atoms with Crippen LogP contribution in [0.15, 0.2) is 17.0 Å². The van der Waals surface area contributed by atoms with Crippen molar-refractivity contribution in [3.8, 4) is 0 Å². The van der Waals surface area contributed by atoms with Crippen LogP contribution in [0.1, 0.15) is 28.4 Å². The van der Waals surface area contributed by atoms with Gasteiger partial charge < -0.3 is 4.74 Å². The summed E-state index contributed by atoms with van der Waals surface area (Å²) in [5.74, 6) is -0.513. The summed E-state index contributed by atoms with van der Waals surface area (Å²) >= 11 is 0. The average molecular weight is 285 g/mol. The van der Waals surface area contributed by atoms with Crippen LogP contribution in [0.5, 0.6) is 0 Å². The molecule has 0 amide bonds. The van der Waals surface area contributed by atoms with Gasteiger partial charge in [0.25, 0.3) is 0 Å². The molecule has 0 bridgehead atoms. The van der Waals surface area contributed by atoms with Crippen LogP contribution >= 0.6 is 0 Å². The molecule has 1 rings (SSSR count). The van der Waals surface area contributed by atoms with Gasteiger partial charge in [-0.3, -0.25) is 0 Å². The monoisotopic (exact) mass is 285 g/mol. The minimum absolute atomic E-state index is 0.139. The molecule has 0 fully saturated rings. The number of hydrogen-bond acceptors (Lipinski definition) is 4. The van der Waals surface area contributed by atoms with E-state index in [9.17, 15) is 13.2 Å². The van der Waals surface area contributed by atoms with Crippen molar-refractivity contribution in [3.05, 3.63) is 28.8 Å². The predicted octanol–water partition coefficient (Wildman–Crippen LogP) is 1.73. The Morgan fingerprint density at radius 3 is 2.32 bits per heavy atom. The summed E-state index contributed by atoms with van der Waals surface area (Å²) in [6.45, 7) is 5.45. The van der Waals surface area contributed by atoms with Gasteiger partial charge in [0.15, 0.2) is 0 Å². The second kappa shape index (κ2) is 5.71. The van der Waals surface area contributed by atoms with Gasteiger partial charge in [0.2, 0.25) is 10.0 Å². The lowest BCUT2D eigenvalue weighted by Gasteiger charge is -2.16. The molecule has 0 radical (unpaired) electrons. The van der Waals surface area contributed by atoms with Gasteiger partial charge in [-0.05, 0) is 44.0 Å². The Bertz CT molecular complexity index is 591. The van der Waals surface area contributed by atoms with Crippen LogP contribution in [0.25, 0.3) is 0 Å². The number of esters is 1. The molecule has 0 aromatic heterocycles. The Hall–Kier alpha value is -1.40. The average Bonchev–Trinajstić information content (AvgIpc) is 2.32. The zero-order valence-electron chi connectivity index (χ0n) is 11.9. The molecule has 0 saturated heterocycles. The van der Waals surface area contributed by atoms with Crippen LogP contribution in [-0.4, -0.2) is 39.4 Å². The molecule has 1 aromatic carbocycles. The quantitative estimate of drug-likeness (QED) is 0.790. The van der Waals surface area contributed by atoms with E-state index in [0.29, 0.717) is 5.56 Å². The molecule has 0 atom stereocenters. The largest absolute Gasteiger partial charge is 0.462 e. The van der Waals surface area contributed by atoms with Crippen molar-refractivity contribution in [1.82, 2.24) is 4.31 Å². The predicted molar refractivity (Wildman–Crippen MR) is 72.7 cm³/mol. The van der Waals surface area contributed by atoms with Gasteiger partial charge in [-0.2, -0.15) is 0 Å². The van der Waals surface area contributed by atoms with E-state index in [1.807, 2.05) is 0 Å². The van der Waals surface area contributed by atoms with Crippen molar-refractivity contribution < 1.29 is 17.9 Å². The Morgan fingerprint density at radius 2 is 1.84 bits per heavy atom. The number of ether oxygens (including phenoxy) is 1. The third kappa shape index (κ3) is 3.13. The number of sulfonamides is 1. The Morgan fingerprint density at radius 1 is 1.26 bits per heavy atom. The number of carbonyl (C=O) groups excluding carboxylic acids is 1. The zero-order valence-corrected chi connectivity index (χ0v) is 12.7. The van der Waals surface area contributed by atoms with Gasteiger partial charge in [0.1, 0.15) is 0 Å². The topological polar surface area (TPSA) is 63.7 Å². The first-order chi connectivity index (χ1) is 8.71. The van der Waals surface area contributed by atoms with Gasteiger partial charge in [0, 0.05) is 14.1 Å². The smallest absolute Gasteiger partial charge is 0.338 e. The molecule has 1 aromatic rings. The lowest BCUT2D eigenvalue weighted by Crippen LogP contribution is -2.24. The lowest BCUT2D eigenvalue weighted by atomic mass is 10.1. The summed E-state index contributed by atoms with van der Waals surface area (Å²) in [5, 5.41) is 0. The highest BCUT2D eigenvalue weighted by Crippen LogP contribution is 2.23. The second-order valence-corrected chi connectivity index (χ2v) is 6.54. The number of nitrogens with zero attached hydrogens (tertiary/aromatic N) is 1. The van der Waals surface area contributed by atoms with Gasteiger partial charge in [-0.1, -0.05) is 0 Å². The third-order valence-corrected chi connectivity index (χ3v) is 4.83. The van der Waals surface area contributed by atoms with Crippen LogP contribution in [0.2, 0.25) is 0 Å². The molecule has 0 spiro atoms. The highest BCUT2D eigenvalue weighted by atomic mass is 32.2. The van der Waals surface area contributed by atoms with E-state index >= 15 is 0 Å². The fourth-order valence-electron chi connectivity index (χ4n) is 1.62. The summed E-state index contributed by atoms with van der Waals surface area (Å²) in [7, 11) is -0.657. The molecule has 0 N–H and O–H groups in total. The van der Waals surface area contributed by atoms with Crippen molar-refractivity contribution in [2.24, 2.45) is 0 Å². The van der Waals surface area contributed by atoms with Crippen molar-refractivity contribution in [1.29, 1.82) is 0 Å². The molecular weight excluding hydrogens is 266 g/mol. The third-order valence-electron chi connectivity index (χ3n) is 2.89. The summed E-state index contributed by atoms with van der Waals surface area (Å²) in [4.78, 5) is 11.9. The van der Waals surface area contributed by atoms with E-state index in [0.717, 1.165) is 9.87 Å². The van der Waals surface area contributed by atoms with E-state index in [1.54, 1.807) is 26.8 Å². The Labute approximate surface area is 114 Å². The first-order valence-corrected chi connectivity index (χ1v) is 7.36. The number of benzene rings is 1. The van der Waals surface area contributed by atoms with E-state index in [-0.39, 0.29) is 17.1 Å². The number of rotatable bonds is 4.